The van der Waals surface area contributed by atoms with E-state index in [1.807, 2.05) is 6.08 Å². The molecule has 0 aliphatic heterocycles. The van der Waals surface area contributed by atoms with Crippen LogP contribution in [0.4, 0.5) is 35.1 Å². The highest BCUT2D eigenvalue weighted by molar-refractivity contribution is 5.65. The molecule has 3 aromatic rings. The zero-order valence-corrected chi connectivity index (χ0v) is 24.1. The van der Waals surface area contributed by atoms with E-state index in [9.17, 15) is 30.7 Å². The maximum Gasteiger partial charge on any atom is 0.432 e. The zero-order valence-electron chi connectivity index (χ0n) is 24.1. The van der Waals surface area contributed by atoms with Crippen LogP contribution < -0.4 is 4.74 Å². The van der Waals surface area contributed by atoms with E-state index in [4.69, 9.17) is 0 Å². The second kappa shape index (κ2) is 13.3. The molecule has 0 bridgehead atoms. The lowest BCUT2D eigenvalue weighted by Gasteiger charge is -2.38. The number of halogens is 8. The Labute approximate surface area is 251 Å². The van der Waals surface area contributed by atoms with Crippen molar-refractivity contribution in [3.8, 4) is 16.9 Å². The Morgan fingerprint density at radius 3 is 1.82 bits per heavy atom. The number of ether oxygens (including phenoxy) is 1. The second-order valence-electron chi connectivity index (χ2n) is 12.1. The molecular weight excluding hydrogens is 588 g/mol. The number of alkyl halides is 2. The summed E-state index contributed by atoms with van der Waals surface area (Å²) in [4.78, 5) is 0. The highest BCUT2D eigenvalue weighted by Crippen LogP contribution is 2.45. The molecule has 0 N–H and O–H groups in total. The molecule has 1 nitrogen and oxygen atoms in total. The molecule has 2 aliphatic rings. The van der Waals surface area contributed by atoms with Gasteiger partial charge in [-0.2, -0.15) is 8.78 Å². The highest BCUT2D eigenvalue weighted by atomic mass is 19.3. The van der Waals surface area contributed by atoms with Gasteiger partial charge in [-0.25, -0.2) is 26.3 Å². The summed E-state index contributed by atoms with van der Waals surface area (Å²) in [7, 11) is 0. The molecule has 0 atom stereocenters. The van der Waals surface area contributed by atoms with Gasteiger partial charge in [0.05, 0.1) is 0 Å². The Bertz CT molecular complexity index is 1440. The van der Waals surface area contributed by atoms with Crippen molar-refractivity contribution in [3.05, 3.63) is 101 Å². The van der Waals surface area contributed by atoms with Crippen LogP contribution in [0.15, 0.2) is 55.1 Å². The smallest absolute Gasteiger partial charge is 0.429 e. The Morgan fingerprint density at radius 1 is 0.705 bits per heavy atom. The summed E-state index contributed by atoms with van der Waals surface area (Å²) >= 11 is 0. The number of allylic oxidation sites excluding steroid dienone is 1. The van der Waals surface area contributed by atoms with Gasteiger partial charge in [-0.3, -0.25) is 0 Å². The summed E-state index contributed by atoms with van der Waals surface area (Å²) in [6, 6.07) is 5.74. The Morgan fingerprint density at radius 2 is 1.27 bits per heavy atom. The van der Waals surface area contributed by atoms with Crippen molar-refractivity contribution in [2.24, 2.45) is 17.8 Å². The Balaban J connectivity index is 1.25. The SMILES string of the molecule is C=CCCC1CCC(C2CCC(c3ccc(-c4cc(F)c(C(F)(F)Oc5cc(F)c(F)c(F)c5)c(F)c4)c(F)c3)CC2)CC1. The fraction of sp³-hybridized carbons (Fsp3) is 0.429. The molecule has 9 heteroatoms. The number of hydrogen-bond acceptors (Lipinski definition) is 1. The number of hydrogen-bond donors (Lipinski definition) is 0. The largest absolute Gasteiger partial charge is 0.432 e. The van der Waals surface area contributed by atoms with Crippen LogP contribution in [0.3, 0.4) is 0 Å². The van der Waals surface area contributed by atoms with Crippen molar-refractivity contribution in [2.45, 2.75) is 76.2 Å². The van der Waals surface area contributed by atoms with Gasteiger partial charge in [0, 0.05) is 17.7 Å². The monoisotopic (exact) mass is 622 g/mol. The molecule has 3 aromatic carbocycles. The summed E-state index contributed by atoms with van der Waals surface area (Å²) in [6.07, 6.45) is 8.60. The quantitative estimate of drug-likeness (QED) is 0.131. The summed E-state index contributed by atoms with van der Waals surface area (Å²) < 4.78 is 118. The summed E-state index contributed by atoms with van der Waals surface area (Å²) in [5.74, 6) is -8.65. The van der Waals surface area contributed by atoms with Crippen LogP contribution in [0, 0.1) is 52.7 Å². The van der Waals surface area contributed by atoms with E-state index in [-0.39, 0.29) is 29.2 Å². The maximum atomic E-state index is 15.3. The predicted octanol–water partition coefficient (Wildman–Crippen LogP) is 11.4. The van der Waals surface area contributed by atoms with Crippen LogP contribution in [0.2, 0.25) is 0 Å². The van der Waals surface area contributed by atoms with Gasteiger partial charge in [0.1, 0.15) is 28.8 Å². The van der Waals surface area contributed by atoms with Gasteiger partial charge < -0.3 is 4.74 Å². The highest BCUT2D eigenvalue weighted by Gasteiger charge is 2.42. The topological polar surface area (TPSA) is 9.23 Å². The van der Waals surface area contributed by atoms with Crippen LogP contribution in [-0.2, 0) is 6.11 Å². The third-order valence-electron chi connectivity index (χ3n) is 9.42. The number of benzene rings is 3. The third kappa shape index (κ3) is 6.97. The molecule has 2 saturated carbocycles. The molecule has 44 heavy (non-hydrogen) atoms. The Kier molecular flexibility index (Phi) is 9.71. The van der Waals surface area contributed by atoms with Gasteiger partial charge in [0.25, 0.3) is 0 Å². The van der Waals surface area contributed by atoms with Gasteiger partial charge in [-0.15, -0.1) is 6.58 Å². The molecule has 5 rings (SSSR count). The van der Waals surface area contributed by atoms with Gasteiger partial charge >= 0.3 is 6.11 Å². The zero-order chi connectivity index (χ0) is 31.6. The lowest BCUT2D eigenvalue weighted by molar-refractivity contribution is -0.189. The van der Waals surface area contributed by atoms with Crippen LogP contribution >= 0.6 is 0 Å². The first-order valence-corrected chi connectivity index (χ1v) is 15.1. The third-order valence-corrected chi connectivity index (χ3v) is 9.42. The maximum absolute atomic E-state index is 15.3. The van der Waals surface area contributed by atoms with Crippen molar-refractivity contribution in [2.75, 3.05) is 0 Å². The summed E-state index contributed by atoms with van der Waals surface area (Å²) in [6.45, 7) is 3.82. The summed E-state index contributed by atoms with van der Waals surface area (Å²) in [5, 5.41) is 0. The van der Waals surface area contributed by atoms with Crippen LogP contribution in [0.25, 0.3) is 11.1 Å². The molecule has 0 heterocycles. The van der Waals surface area contributed by atoms with E-state index in [1.165, 1.54) is 44.2 Å². The normalized spacial score (nSPS) is 22.5. The molecule has 0 amide bonds. The first kappa shape index (κ1) is 32.0. The minimum atomic E-state index is -4.73. The predicted molar refractivity (Wildman–Crippen MR) is 152 cm³/mol. The van der Waals surface area contributed by atoms with Gasteiger partial charge in [0.2, 0.25) is 0 Å². The standard InChI is InChI=1S/C35H34F8O/c1-2-3-4-20-5-7-21(8-6-20)22-9-11-23(12-10-22)24-13-14-27(28(36)15-24)25-16-29(37)33(30(38)17-25)35(42,43)44-26-18-31(39)34(41)32(40)19-26/h2,13-23H,1,3-12H2. The van der Waals surface area contributed by atoms with Gasteiger partial charge in [-0.1, -0.05) is 31.1 Å². The van der Waals surface area contributed by atoms with Crippen molar-refractivity contribution < 1.29 is 39.9 Å². The molecule has 2 fully saturated rings. The van der Waals surface area contributed by atoms with Crippen molar-refractivity contribution >= 4 is 0 Å². The minimum Gasteiger partial charge on any atom is -0.429 e. The van der Waals surface area contributed by atoms with E-state index in [0.29, 0.717) is 18.1 Å². The Hall–Kier alpha value is -3.36. The molecule has 2 aliphatic carbocycles. The molecule has 0 radical (unpaired) electrons. The van der Waals surface area contributed by atoms with E-state index in [1.54, 1.807) is 6.07 Å². The lowest BCUT2D eigenvalue weighted by atomic mass is 9.68. The summed E-state index contributed by atoms with van der Waals surface area (Å²) in [5.41, 5.74) is -1.54. The van der Waals surface area contributed by atoms with Gasteiger partial charge in [0.15, 0.2) is 17.5 Å². The van der Waals surface area contributed by atoms with Crippen molar-refractivity contribution in [1.82, 2.24) is 0 Å². The minimum absolute atomic E-state index is 0.122. The number of rotatable bonds is 9. The molecular formula is C35H34F8O. The van der Waals surface area contributed by atoms with E-state index in [0.717, 1.165) is 49.5 Å². The van der Waals surface area contributed by atoms with Crippen LogP contribution in [0.5, 0.6) is 5.75 Å². The fourth-order valence-corrected chi connectivity index (χ4v) is 7.04. The molecule has 0 unspecified atom stereocenters. The van der Waals surface area contributed by atoms with Crippen molar-refractivity contribution in [1.29, 1.82) is 0 Å². The molecule has 0 saturated heterocycles. The molecule has 0 spiro atoms. The average Bonchev–Trinajstić information content (AvgIpc) is 2.98. The lowest BCUT2D eigenvalue weighted by Crippen LogP contribution is -2.25. The second-order valence-corrected chi connectivity index (χ2v) is 12.1. The van der Waals surface area contributed by atoms with Crippen LogP contribution in [0.1, 0.15) is 81.3 Å². The van der Waals surface area contributed by atoms with Crippen molar-refractivity contribution in [3.63, 3.8) is 0 Å². The van der Waals surface area contributed by atoms with Crippen LogP contribution in [-0.4, -0.2) is 0 Å². The fourth-order valence-electron chi connectivity index (χ4n) is 7.04. The molecule has 236 valence electrons. The molecule has 0 aromatic heterocycles. The van der Waals surface area contributed by atoms with Gasteiger partial charge in [-0.05, 0) is 104 Å². The first-order chi connectivity index (χ1) is 21.0. The first-order valence-electron chi connectivity index (χ1n) is 15.1. The van der Waals surface area contributed by atoms with E-state index in [2.05, 4.69) is 11.3 Å². The average molecular weight is 623 g/mol. The van der Waals surface area contributed by atoms with E-state index >= 15 is 4.39 Å². The van der Waals surface area contributed by atoms with E-state index < -0.39 is 52.3 Å².